The van der Waals surface area contributed by atoms with Gasteiger partial charge < -0.3 is 71.1 Å². The van der Waals surface area contributed by atoms with Crippen LogP contribution in [-0.4, -0.2) is 135 Å². The number of aliphatic hydroxyl groups excluding tert-OH is 4. The third-order valence-corrected chi connectivity index (χ3v) is 12.2. The van der Waals surface area contributed by atoms with E-state index in [-0.39, 0.29) is 36.6 Å². The zero-order valence-corrected chi connectivity index (χ0v) is 29.5. The second kappa shape index (κ2) is 17.3. The van der Waals surface area contributed by atoms with Gasteiger partial charge in [0, 0.05) is 18.8 Å². The van der Waals surface area contributed by atoms with Crippen molar-refractivity contribution >= 4 is 18.1 Å². The molecule has 0 aromatic rings. The number of primary amides is 1. The molecule has 3 heterocycles. The maximum Gasteiger partial charge on any atom is 0.297 e. The summed E-state index contributed by atoms with van der Waals surface area (Å²) in [5.74, 6) is -3.20. The smallest absolute Gasteiger partial charge is 0.297 e. The van der Waals surface area contributed by atoms with Crippen LogP contribution in [0.4, 0.5) is 0 Å². The molecule has 0 bridgehead atoms. The molecule has 3 aliphatic heterocycles. The first-order valence-electron chi connectivity index (χ1n) is 18.5. The number of nitrogens with zero attached hydrogens (tertiary/aromatic N) is 1. The van der Waals surface area contributed by atoms with Gasteiger partial charge >= 0.3 is 0 Å². The van der Waals surface area contributed by atoms with Crippen molar-refractivity contribution in [1.82, 2.24) is 0 Å². The number of carbonyl (C=O) groups excluding carboxylic acids is 2. The van der Waals surface area contributed by atoms with Crippen LogP contribution in [0.5, 0.6) is 0 Å². The van der Waals surface area contributed by atoms with E-state index in [0.29, 0.717) is 44.9 Å². The first-order valence-corrected chi connectivity index (χ1v) is 18.5. The van der Waals surface area contributed by atoms with Crippen molar-refractivity contribution in [3.8, 4) is 0 Å². The lowest BCUT2D eigenvalue weighted by molar-refractivity contribution is -0.837. The van der Waals surface area contributed by atoms with E-state index < -0.39 is 84.7 Å². The third kappa shape index (κ3) is 8.78. The minimum atomic E-state index is -2.79. The predicted molar refractivity (Wildman–Crippen MR) is 175 cm³/mol. The van der Waals surface area contributed by atoms with Crippen LogP contribution in [0.25, 0.3) is 0 Å². The van der Waals surface area contributed by atoms with Gasteiger partial charge in [0.05, 0.1) is 68.6 Å². The highest BCUT2D eigenvalue weighted by Crippen LogP contribution is 2.45. The average Bonchev–Trinajstić information content (AvgIpc) is 3.62. The number of hydrogen-bond acceptors (Lipinski definition) is 12. The summed E-state index contributed by atoms with van der Waals surface area (Å²) in [5, 5.41) is 84.7. The van der Waals surface area contributed by atoms with E-state index in [9.17, 15) is 45.3 Å². The Balaban J connectivity index is 1.31. The normalized spacial score (nSPS) is 41.5. The van der Waals surface area contributed by atoms with Crippen molar-refractivity contribution in [1.29, 1.82) is 0 Å². The molecule has 12 N–H and O–H groups in total. The summed E-state index contributed by atoms with van der Waals surface area (Å²) in [6, 6.07) is 0. The van der Waals surface area contributed by atoms with Crippen molar-refractivity contribution in [2.45, 2.75) is 132 Å². The summed E-state index contributed by atoms with van der Waals surface area (Å²) in [6.07, 6.45) is -5.75. The van der Waals surface area contributed by atoms with Crippen LogP contribution in [0.2, 0.25) is 0 Å². The molecule has 5 rings (SSSR count). The van der Waals surface area contributed by atoms with Gasteiger partial charge in [-0.3, -0.25) is 4.79 Å². The molecule has 4 fully saturated rings. The molecular weight excluding hydrogens is 668 g/mol. The Labute approximate surface area is 298 Å². The largest absolute Gasteiger partial charge is 0.804 e. The molecule has 0 spiro atoms. The van der Waals surface area contributed by atoms with E-state index in [1.54, 1.807) is 12.8 Å². The van der Waals surface area contributed by atoms with Crippen LogP contribution in [0.1, 0.15) is 64.7 Å². The number of quaternary nitrogens is 2. The summed E-state index contributed by atoms with van der Waals surface area (Å²) in [5.41, 5.74) is 4.00. The summed E-state index contributed by atoms with van der Waals surface area (Å²) in [6.45, 7) is 4.89. The maximum atomic E-state index is 14.0. The van der Waals surface area contributed by atoms with E-state index >= 15 is 0 Å². The number of carboxylic acids is 1. The Kier molecular flexibility index (Phi) is 13.5. The van der Waals surface area contributed by atoms with Crippen LogP contribution in [0.3, 0.4) is 0 Å². The number of aliphatic carboxylic acids is 1. The van der Waals surface area contributed by atoms with Crippen LogP contribution in [-0.2, 0) is 19.1 Å². The molecule has 16 nitrogen and oxygen atoms in total. The topological polar surface area (TPSA) is 284 Å². The van der Waals surface area contributed by atoms with Crippen LogP contribution in [0.15, 0.2) is 16.6 Å². The minimum Gasteiger partial charge on any atom is -0.804 e. The second-order valence-corrected chi connectivity index (χ2v) is 15.5. The maximum absolute atomic E-state index is 14.0. The van der Waals surface area contributed by atoms with Crippen molar-refractivity contribution in [2.75, 3.05) is 20.1 Å². The number of carboxylic acid groups (broad SMARTS) is 1. The SMILES string of the molecule is C[NH2+]CCC(C)C(C[NH2+]C([O-])C1(O)C(OC2CCC3C(C2)[OH+]C(C(N)=O)C(C2CCC(O)CC2)C3O)OC(C(=O)[O-])C(O)C1O)CC1=C[CH+]N=C1. The number of hydrogen-bond donors (Lipinski definition) is 8. The molecule has 0 aromatic heterocycles. The molecule has 2 aliphatic carbocycles. The lowest BCUT2D eigenvalue weighted by atomic mass is 9.66. The summed E-state index contributed by atoms with van der Waals surface area (Å²) in [7, 11) is 1.97. The molecular formula is C35H58N4O12+2. The molecule has 2 saturated heterocycles. The standard InChI is InChI=1S/C35H56N4O12/c1-17(9-11-37-2)20(13-18-10-12-38-15-18)16-39-33(47)35(48)30(43)27(42)29(32(45)46)51-34(35)49-22-7-8-23-24(14-22)50-28(31(36)44)25(26(23)41)19-3-5-21(40)6-4-19/h10,12,15,17,19-30,33-34,37,39-43,48H,3-9,11,13-14,16H2,1-2H3,(H2,36,44)(H,45,46)/p+2. The van der Waals surface area contributed by atoms with Gasteiger partial charge in [-0.05, 0) is 56.8 Å². The molecule has 5 aliphatic rings. The Morgan fingerprint density at radius 1 is 1.18 bits per heavy atom. The van der Waals surface area contributed by atoms with Crippen molar-refractivity contribution in [2.24, 2.45) is 40.3 Å². The molecule has 0 aromatic carbocycles. The predicted octanol–water partition coefficient (Wildman–Crippen LogP) is -5.96. The fraction of sp³-hybridized carbons (Fsp3) is 0.829. The van der Waals surface area contributed by atoms with Gasteiger partial charge in [0.15, 0.2) is 24.2 Å². The average molecular weight is 727 g/mol. The first kappa shape index (κ1) is 40.0. The number of ether oxygens (including phenoxy) is 3. The van der Waals surface area contributed by atoms with Gasteiger partial charge in [-0.1, -0.05) is 6.92 Å². The lowest BCUT2D eigenvalue weighted by Crippen LogP contribution is -3.02. The summed E-state index contributed by atoms with van der Waals surface area (Å²) in [4.78, 5) is 28.7. The molecule has 16 heteroatoms. The molecule has 14 unspecified atom stereocenters. The number of carbonyl (C=O) groups is 2. The van der Waals surface area contributed by atoms with Gasteiger partial charge in [0.1, 0.15) is 30.4 Å². The van der Waals surface area contributed by atoms with Crippen molar-refractivity contribution < 1.29 is 70.2 Å². The zero-order chi connectivity index (χ0) is 37.0. The van der Waals surface area contributed by atoms with Gasteiger partial charge in [-0.15, -0.1) is 4.99 Å². The van der Waals surface area contributed by atoms with Crippen LogP contribution >= 0.6 is 0 Å². The Bertz CT molecular complexity index is 1250. The Morgan fingerprint density at radius 2 is 1.90 bits per heavy atom. The Hall–Kier alpha value is -2.22. The van der Waals surface area contributed by atoms with Gasteiger partial charge in [-0.2, -0.15) is 0 Å². The van der Waals surface area contributed by atoms with E-state index in [4.69, 9.17) is 19.9 Å². The minimum absolute atomic E-state index is 0.0218. The fourth-order valence-electron chi connectivity index (χ4n) is 9.02. The molecule has 1 amide bonds. The number of aliphatic imine (C=N–C) groups is 1. The van der Waals surface area contributed by atoms with E-state index in [2.05, 4.69) is 17.2 Å². The van der Waals surface area contributed by atoms with Crippen LogP contribution in [0, 0.1) is 36.1 Å². The molecule has 51 heavy (non-hydrogen) atoms. The molecule has 288 valence electrons. The van der Waals surface area contributed by atoms with Gasteiger partial charge in [-0.25, -0.2) is 0 Å². The highest BCUT2D eigenvalue weighted by Gasteiger charge is 2.61. The number of allylic oxidation sites excluding steroid dienone is 1. The zero-order valence-electron chi connectivity index (χ0n) is 29.5. The van der Waals surface area contributed by atoms with E-state index in [1.807, 2.05) is 13.1 Å². The Morgan fingerprint density at radius 3 is 2.53 bits per heavy atom. The number of aliphatic hydroxyl groups is 7. The molecule has 2 saturated carbocycles. The highest BCUT2D eigenvalue weighted by atomic mass is 16.7. The summed E-state index contributed by atoms with van der Waals surface area (Å²) < 4.78 is 16.5. The number of fused-ring (bicyclic) bond motifs is 1. The number of nitrogens with two attached hydrogens (primary N) is 3. The van der Waals surface area contributed by atoms with Gasteiger partial charge in [0.2, 0.25) is 6.10 Å². The lowest BCUT2D eigenvalue weighted by Gasteiger charge is -2.53. The first-order chi connectivity index (χ1) is 24.3. The molecule has 0 radical (unpaired) electrons. The quantitative estimate of drug-likeness (QED) is 0.0447. The monoisotopic (exact) mass is 726 g/mol. The molecule has 14 atom stereocenters. The number of rotatable bonds is 15. The van der Waals surface area contributed by atoms with Crippen molar-refractivity contribution in [3.63, 3.8) is 0 Å². The van der Waals surface area contributed by atoms with Gasteiger partial charge in [0.25, 0.3) is 5.91 Å². The fourth-order valence-corrected chi connectivity index (χ4v) is 9.02. The second-order valence-electron chi connectivity index (χ2n) is 15.5. The third-order valence-electron chi connectivity index (χ3n) is 12.2. The van der Waals surface area contributed by atoms with Crippen LogP contribution < -0.4 is 26.6 Å². The van der Waals surface area contributed by atoms with E-state index in [0.717, 1.165) is 18.5 Å². The summed E-state index contributed by atoms with van der Waals surface area (Å²) >= 11 is 0. The van der Waals surface area contributed by atoms with E-state index in [1.165, 1.54) is 5.32 Å². The van der Waals surface area contributed by atoms with Crippen molar-refractivity contribution in [3.05, 3.63) is 18.2 Å². The highest BCUT2D eigenvalue weighted by molar-refractivity contribution is 5.82. The number of amides is 1.